The average Bonchev–Trinajstić information content (AvgIpc) is 2.79. The van der Waals surface area contributed by atoms with E-state index in [2.05, 4.69) is 60.8 Å². The van der Waals surface area contributed by atoms with Gasteiger partial charge in [0.2, 0.25) is 0 Å². The summed E-state index contributed by atoms with van der Waals surface area (Å²) in [4.78, 5) is 19.1. The predicted octanol–water partition coefficient (Wildman–Crippen LogP) is 6.31. The number of rotatable bonds is 6. The van der Waals surface area contributed by atoms with Crippen molar-refractivity contribution in [3.8, 4) is 5.75 Å². The summed E-state index contributed by atoms with van der Waals surface area (Å²) < 4.78 is 16.9. The van der Waals surface area contributed by atoms with Gasteiger partial charge in [-0.2, -0.15) is 0 Å². The minimum atomic E-state index is -4.69. The van der Waals surface area contributed by atoms with Gasteiger partial charge in [-0.15, -0.1) is 0 Å². The highest BCUT2D eigenvalue weighted by molar-refractivity contribution is 7.46. The van der Waals surface area contributed by atoms with Crippen LogP contribution in [0.4, 0.5) is 0 Å². The lowest BCUT2D eigenvalue weighted by atomic mass is 9.73. The summed E-state index contributed by atoms with van der Waals surface area (Å²) in [6, 6.07) is 7.20. The molecule has 0 aromatic heterocycles. The first-order valence-electron chi connectivity index (χ1n) is 10.6. The standard InChI is InChI=1S/C26H27O4P/c27-31(28,29)30-24-19-11-10-18-23(24)26(22-16-8-3-9-17-22)25(20-12-4-1-5-13-20)21-14-6-2-7-15-21/h1-12,14,16,18-22H,13,15,17H2,(H2,27,28,29). The zero-order valence-corrected chi connectivity index (χ0v) is 18.1. The molecule has 4 rings (SSSR count). The first-order valence-corrected chi connectivity index (χ1v) is 12.1. The molecule has 0 radical (unpaired) electrons. The number of para-hydroxylation sites is 1. The number of phosphoric ester groups is 1. The van der Waals surface area contributed by atoms with E-state index in [1.807, 2.05) is 24.3 Å². The van der Waals surface area contributed by atoms with E-state index in [9.17, 15) is 14.4 Å². The number of hydrogen-bond donors (Lipinski definition) is 2. The van der Waals surface area contributed by atoms with Crippen LogP contribution in [-0.2, 0) is 4.57 Å². The molecular weight excluding hydrogens is 407 g/mol. The molecular formula is C26H27O4P. The van der Waals surface area contributed by atoms with Gasteiger partial charge in [-0.1, -0.05) is 96.7 Å². The number of benzene rings is 1. The third-order valence-corrected chi connectivity index (χ3v) is 6.25. The Kier molecular flexibility index (Phi) is 6.72. The molecule has 0 saturated heterocycles. The Hall–Kier alpha value is -2.65. The Bertz CT molecular complexity index is 1030. The molecule has 3 unspecified atom stereocenters. The number of hydrogen-bond acceptors (Lipinski definition) is 2. The Morgan fingerprint density at radius 2 is 1.29 bits per heavy atom. The van der Waals surface area contributed by atoms with Crippen LogP contribution in [0.25, 0.3) is 5.57 Å². The van der Waals surface area contributed by atoms with Crippen LogP contribution >= 0.6 is 7.82 Å². The minimum absolute atomic E-state index is 0.0973. The Labute approximate surface area is 183 Å². The van der Waals surface area contributed by atoms with E-state index in [-0.39, 0.29) is 23.5 Å². The normalized spacial score (nSPS) is 24.4. The predicted molar refractivity (Wildman–Crippen MR) is 125 cm³/mol. The molecule has 1 aromatic rings. The molecule has 160 valence electrons. The summed E-state index contributed by atoms with van der Waals surface area (Å²) in [7, 11) is -4.69. The maximum Gasteiger partial charge on any atom is 0.524 e. The molecule has 4 nitrogen and oxygen atoms in total. The second-order valence-corrected chi connectivity index (χ2v) is 9.08. The summed E-state index contributed by atoms with van der Waals surface area (Å²) in [6.07, 6.45) is 28.2. The van der Waals surface area contributed by atoms with Crippen LogP contribution in [0, 0.1) is 17.8 Å². The highest BCUT2D eigenvalue weighted by atomic mass is 31.2. The molecule has 0 bridgehead atoms. The fourth-order valence-corrected chi connectivity index (χ4v) is 4.97. The summed E-state index contributed by atoms with van der Waals surface area (Å²) in [5, 5.41) is 0. The van der Waals surface area contributed by atoms with Crippen molar-refractivity contribution in [3.05, 3.63) is 108 Å². The molecule has 0 aliphatic heterocycles. The highest BCUT2D eigenvalue weighted by Crippen LogP contribution is 2.47. The van der Waals surface area contributed by atoms with Crippen LogP contribution < -0.4 is 4.52 Å². The van der Waals surface area contributed by atoms with Crippen LogP contribution in [0.1, 0.15) is 24.8 Å². The van der Waals surface area contributed by atoms with E-state index in [1.54, 1.807) is 12.1 Å². The van der Waals surface area contributed by atoms with Crippen LogP contribution in [0.15, 0.2) is 103 Å². The van der Waals surface area contributed by atoms with Gasteiger partial charge >= 0.3 is 7.82 Å². The molecule has 3 aliphatic rings. The SMILES string of the molecule is O=P(O)(O)Oc1ccccc1C(=C(C1C=CC=CC1)C1C=CC=CC1)C1C=CC=CC1. The summed E-state index contributed by atoms with van der Waals surface area (Å²) in [6.45, 7) is 0. The van der Waals surface area contributed by atoms with Crippen LogP contribution in [0.2, 0.25) is 0 Å². The van der Waals surface area contributed by atoms with E-state index in [0.29, 0.717) is 0 Å². The van der Waals surface area contributed by atoms with Crippen LogP contribution in [0.3, 0.4) is 0 Å². The lowest BCUT2D eigenvalue weighted by molar-refractivity contribution is 0.283. The van der Waals surface area contributed by atoms with E-state index in [1.165, 1.54) is 5.57 Å². The van der Waals surface area contributed by atoms with Crippen molar-refractivity contribution in [1.29, 1.82) is 0 Å². The largest absolute Gasteiger partial charge is 0.524 e. The van der Waals surface area contributed by atoms with E-state index < -0.39 is 7.82 Å². The molecule has 31 heavy (non-hydrogen) atoms. The van der Waals surface area contributed by atoms with Crippen molar-refractivity contribution in [2.45, 2.75) is 19.3 Å². The van der Waals surface area contributed by atoms with Gasteiger partial charge in [0.1, 0.15) is 5.75 Å². The summed E-state index contributed by atoms with van der Waals surface area (Å²) >= 11 is 0. The van der Waals surface area contributed by atoms with E-state index in [0.717, 1.165) is 30.4 Å². The van der Waals surface area contributed by atoms with Gasteiger partial charge in [0.05, 0.1) is 0 Å². The van der Waals surface area contributed by atoms with Crippen LogP contribution in [0.5, 0.6) is 5.75 Å². The highest BCUT2D eigenvalue weighted by Gasteiger charge is 2.30. The monoisotopic (exact) mass is 434 g/mol. The number of allylic oxidation sites excluding steroid dienone is 14. The van der Waals surface area contributed by atoms with Crippen LogP contribution in [-0.4, -0.2) is 9.79 Å². The van der Waals surface area contributed by atoms with Crippen molar-refractivity contribution < 1.29 is 18.9 Å². The second-order valence-electron chi connectivity index (χ2n) is 7.91. The molecule has 3 atom stereocenters. The smallest absolute Gasteiger partial charge is 0.404 e. The maximum absolute atomic E-state index is 11.7. The van der Waals surface area contributed by atoms with Gasteiger partial charge in [0.15, 0.2) is 0 Å². The van der Waals surface area contributed by atoms with Crippen molar-refractivity contribution in [2.24, 2.45) is 17.8 Å². The van der Waals surface area contributed by atoms with Gasteiger partial charge in [0, 0.05) is 23.3 Å². The second kappa shape index (κ2) is 9.65. The van der Waals surface area contributed by atoms with Gasteiger partial charge < -0.3 is 4.52 Å². The Balaban J connectivity index is 1.94. The first kappa shape index (κ1) is 21.6. The molecule has 0 amide bonds. The van der Waals surface area contributed by atoms with E-state index in [4.69, 9.17) is 4.52 Å². The fourth-order valence-electron chi connectivity index (χ4n) is 4.56. The van der Waals surface area contributed by atoms with Gasteiger partial charge in [0.25, 0.3) is 0 Å². The molecule has 0 heterocycles. The minimum Gasteiger partial charge on any atom is -0.404 e. The lowest BCUT2D eigenvalue weighted by Crippen LogP contribution is -2.18. The molecule has 5 heteroatoms. The zero-order valence-electron chi connectivity index (χ0n) is 17.2. The molecule has 1 aromatic carbocycles. The van der Waals surface area contributed by atoms with Crippen molar-refractivity contribution in [2.75, 3.05) is 0 Å². The third kappa shape index (κ3) is 5.34. The molecule has 2 N–H and O–H groups in total. The fraction of sp³-hybridized carbons (Fsp3) is 0.231. The van der Waals surface area contributed by atoms with Crippen molar-refractivity contribution >= 4 is 13.4 Å². The molecule has 0 saturated carbocycles. The third-order valence-electron chi connectivity index (χ3n) is 5.82. The van der Waals surface area contributed by atoms with Crippen molar-refractivity contribution in [1.82, 2.24) is 0 Å². The van der Waals surface area contributed by atoms with Gasteiger partial charge in [-0.3, -0.25) is 9.79 Å². The van der Waals surface area contributed by atoms with Crippen molar-refractivity contribution in [3.63, 3.8) is 0 Å². The molecule has 3 aliphatic carbocycles. The topological polar surface area (TPSA) is 66.8 Å². The summed E-state index contributed by atoms with van der Waals surface area (Å²) in [5.41, 5.74) is 3.13. The maximum atomic E-state index is 11.7. The van der Waals surface area contributed by atoms with E-state index >= 15 is 0 Å². The number of phosphoric acid groups is 1. The first-order chi connectivity index (χ1) is 15.0. The quantitative estimate of drug-likeness (QED) is 0.515. The molecule has 0 spiro atoms. The molecule has 0 fully saturated rings. The van der Waals surface area contributed by atoms with Gasteiger partial charge in [-0.05, 0) is 30.9 Å². The average molecular weight is 434 g/mol. The van der Waals surface area contributed by atoms with Gasteiger partial charge in [-0.25, -0.2) is 4.57 Å². The Morgan fingerprint density at radius 3 is 1.77 bits per heavy atom. The zero-order chi connectivity index (χ0) is 21.7. The lowest BCUT2D eigenvalue weighted by Gasteiger charge is -2.32. The summed E-state index contributed by atoms with van der Waals surface area (Å²) in [5.74, 6) is 0.740. The Morgan fingerprint density at radius 1 is 0.774 bits per heavy atom.